The number of aromatic nitrogens is 2. The van der Waals surface area contributed by atoms with Gasteiger partial charge in [-0.3, -0.25) is 9.78 Å². The van der Waals surface area contributed by atoms with Crippen molar-refractivity contribution in [3.8, 4) is 22.1 Å². The highest BCUT2D eigenvalue weighted by atomic mass is 32.1. The number of thiazole rings is 1. The summed E-state index contributed by atoms with van der Waals surface area (Å²) in [6.45, 7) is 0.126. The first kappa shape index (κ1) is 19.8. The highest BCUT2D eigenvalue weighted by Gasteiger charge is 2.12. The molecule has 30 heavy (non-hydrogen) atoms. The van der Waals surface area contributed by atoms with Crippen molar-refractivity contribution in [2.45, 2.75) is 13.0 Å². The summed E-state index contributed by atoms with van der Waals surface area (Å²) in [5.74, 6) is 0.991. The fourth-order valence-electron chi connectivity index (χ4n) is 3.15. The van der Waals surface area contributed by atoms with Crippen LogP contribution >= 0.6 is 11.3 Å². The molecular formula is C23H20N2O4S. The van der Waals surface area contributed by atoms with Gasteiger partial charge in [0.05, 0.1) is 31.9 Å². The molecule has 2 heterocycles. The smallest absolute Gasteiger partial charge is 0.310 e. The Morgan fingerprint density at radius 3 is 2.70 bits per heavy atom. The fraction of sp³-hybridized carbons (Fsp3) is 0.174. The van der Waals surface area contributed by atoms with Crippen molar-refractivity contribution in [3.63, 3.8) is 0 Å². The van der Waals surface area contributed by atoms with E-state index < -0.39 is 0 Å². The number of fused-ring (bicyclic) bond motifs is 1. The highest BCUT2D eigenvalue weighted by molar-refractivity contribution is 7.13. The molecular weight excluding hydrogens is 400 g/mol. The zero-order valence-electron chi connectivity index (χ0n) is 16.6. The molecule has 0 bridgehead atoms. The van der Waals surface area contributed by atoms with E-state index in [0.717, 1.165) is 27.0 Å². The number of hydrogen-bond donors (Lipinski definition) is 0. The van der Waals surface area contributed by atoms with E-state index in [2.05, 4.69) is 9.97 Å². The Morgan fingerprint density at radius 1 is 1.03 bits per heavy atom. The summed E-state index contributed by atoms with van der Waals surface area (Å²) in [6, 6.07) is 15.3. The molecule has 0 atom stereocenters. The van der Waals surface area contributed by atoms with E-state index in [-0.39, 0.29) is 19.0 Å². The molecule has 0 saturated carbocycles. The number of benzene rings is 2. The first-order valence-corrected chi connectivity index (χ1v) is 10.2. The number of hydrogen-bond acceptors (Lipinski definition) is 7. The Balaban J connectivity index is 1.41. The molecule has 0 N–H and O–H groups in total. The SMILES string of the molecule is COc1ccc(-c2nc(COC(=O)Cc3cccc4cccnc34)cs2)cc1OC. The number of para-hydroxylation sites is 1. The van der Waals surface area contributed by atoms with Crippen LogP contribution in [0.1, 0.15) is 11.3 Å². The van der Waals surface area contributed by atoms with Crippen molar-refractivity contribution >= 4 is 28.2 Å². The second kappa shape index (κ2) is 8.92. The molecule has 0 unspecified atom stereocenters. The lowest BCUT2D eigenvalue weighted by Crippen LogP contribution is -2.08. The lowest BCUT2D eigenvalue weighted by molar-refractivity contribution is -0.144. The summed E-state index contributed by atoms with van der Waals surface area (Å²) in [5.41, 5.74) is 3.29. The minimum Gasteiger partial charge on any atom is -0.493 e. The topological polar surface area (TPSA) is 70.5 Å². The zero-order valence-corrected chi connectivity index (χ0v) is 17.4. The number of methoxy groups -OCH3 is 2. The average molecular weight is 420 g/mol. The third-order valence-corrected chi connectivity index (χ3v) is 5.55. The van der Waals surface area contributed by atoms with Crippen LogP contribution in [0, 0.1) is 0 Å². The molecule has 0 fully saturated rings. The van der Waals surface area contributed by atoms with Gasteiger partial charge in [-0.25, -0.2) is 4.98 Å². The first-order chi connectivity index (χ1) is 14.7. The van der Waals surface area contributed by atoms with Crippen LogP contribution in [-0.2, 0) is 22.6 Å². The summed E-state index contributed by atoms with van der Waals surface area (Å²) in [7, 11) is 3.20. The third kappa shape index (κ3) is 4.26. The normalized spacial score (nSPS) is 10.7. The molecule has 4 rings (SSSR count). The van der Waals surface area contributed by atoms with Gasteiger partial charge >= 0.3 is 5.97 Å². The van der Waals surface area contributed by atoms with Crippen LogP contribution in [0.25, 0.3) is 21.5 Å². The number of esters is 1. The lowest BCUT2D eigenvalue weighted by atomic mass is 10.1. The third-order valence-electron chi connectivity index (χ3n) is 4.61. The summed E-state index contributed by atoms with van der Waals surface area (Å²) >= 11 is 1.48. The molecule has 2 aromatic carbocycles. The molecule has 0 saturated heterocycles. The molecule has 2 aromatic heterocycles. The van der Waals surface area contributed by atoms with E-state index in [1.54, 1.807) is 20.4 Å². The van der Waals surface area contributed by atoms with Gasteiger partial charge < -0.3 is 14.2 Å². The van der Waals surface area contributed by atoms with E-state index in [1.165, 1.54) is 11.3 Å². The maximum atomic E-state index is 12.4. The van der Waals surface area contributed by atoms with E-state index >= 15 is 0 Å². The van der Waals surface area contributed by atoms with E-state index in [1.807, 2.05) is 53.9 Å². The summed E-state index contributed by atoms with van der Waals surface area (Å²) in [4.78, 5) is 21.3. The van der Waals surface area contributed by atoms with Crippen LogP contribution in [-0.4, -0.2) is 30.2 Å². The van der Waals surface area contributed by atoms with E-state index in [4.69, 9.17) is 14.2 Å². The Hall–Kier alpha value is -3.45. The van der Waals surface area contributed by atoms with Crippen molar-refractivity contribution in [2.24, 2.45) is 0 Å². The number of ether oxygens (including phenoxy) is 3. The van der Waals surface area contributed by atoms with Crippen LogP contribution in [0.4, 0.5) is 0 Å². The zero-order chi connectivity index (χ0) is 20.9. The largest absolute Gasteiger partial charge is 0.493 e. The highest BCUT2D eigenvalue weighted by Crippen LogP contribution is 2.33. The van der Waals surface area contributed by atoms with Crippen LogP contribution in [0.15, 0.2) is 60.1 Å². The van der Waals surface area contributed by atoms with Gasteiger partial charge in [0.2, 0.25) is 0 Å². The van der Waals surface area contributed by atoms with Crippen LogP contribution in [0.2, 0.25) is 0 Å². The van der Waals surface area contributed by atoms with E-state index in [9.17, 15) is 4.79 Å². The standard InChI is InChI=1S/C23H20N2O4S/c1-27-19-9-8-17(11-20(19)28-2)23-25-18(14-30-23)13-29-21(26)12-16-6-3-5-15-7-4-10-24-22(15)16/h3-11,14H,12-13H2,1-2H3. The number of nitrogens with zero attached hydrogens (tertiary/aromatic N) is 2. The quantitative estimate of drug-likeness (QED) is 0.405. The second-order valence-corrected chi connectivity index (χ2v) is 7.40. The second-order valence-electron chi connectivity index (χ2n) is 6.54. The number of pyridine rings is 1. The molecule has 0 spiro atoms. The molecule has 0 aliphatic carbocycles. The monoisotopic (exact) mass is 420 g/mol. The van der Waals surface area contributed by atoms with Crippen molar-refractivity contribution < 1.29 is 19.0 Å². The maximum Gasteiger partial charge on any atom is 0.310 e. The van der Waals surface area contributed by atoms with Crippen molar-refractivity contribution in [3.05, 3.63) is 71.4 Å². The van der Waals surface area contributed by atoms with Gasteiger partial charge in [0.25, 0.3) is 0 Å². The van der Waals surface area contributed by atoms with E-state index in [0.29, 0.717) is 17.2 Å². The Kier molecular flexibility index (Phi) is 5.90. The van der Waals surface area contributed by atoms with Gasteiger partial charge in [0.1, 0.15) is 11.6 Å². The predicted molar refractivity (Wildman–Crippen MR) is 116 cm³/mol. The Morgan fingerprint density at radius 2 is 1.87 bits per heavy atom. The van der Waals surface area contributed by atoms with Gasteiger partial charge in [-0.05, 0) is 29.8 Å². The van der Waals surface area contributed by atoms with Crippen molar-refractivity contribution in [1.29, 1.82) is 0 Å². The summed E-state index contributed by atoms with van der Waals surface area (Å²) < 4.78 is 16.1. The average Bonchev–Trinajstić information content (AvgIpc) is 3.26. The summed E-state index contributed by atoms with van der Waals surface area (Å²) in [5, 5.41) is 3.71. The van der Waals surface area contributed by atoms with Crippen LogP contribution in [0.5, 0.6) is 11.5 Å². The number of carbonyl (C=O) groups is 1. The first-order valence-electron chi connectivity index (χ1n) is 9.33. The van der Waals surface area contributed by atoms with Crippen molar-refractivity contribution in [1.82, 2.24) is 9.97 Å². The van der Waals surface area contributed by atoms with Crippen LogP contribution in [0.3, 0.4) is 0 Å². The van der Waals surface area contributed by atoms with Crippen molar-refractivity contribution in [2.75, 3.05) is 14.2 Å². The van der Waals surface area contributed by atoms with Gasteiger partial charge in [-0.15, -0.1) is 11.3 Å². The number of carbonyl (C=O) groups excluding carboxylic acids is 1. The fourth-order valence-corrected chi connectivity index (χ4v) is 3.95. The van der Waals surface area contributed by atoms with Gasteiger partial charge in [0, 0.05) is 22.5 Å². The van der Waals surface area contributed by atoms with Gasteiger partial charge in [-0.2, -0.15) is 0 Å². The number of rotatable bonds is 7. The van der Waals surface area contributed by atoms with Crippen LogP contribution < -0.4 is 9.47 Å². The van der Waals surface area contributed by atoms with Gasteiger partial charge in [-0.1, -0.05) is 24.3 Å². The molecule has 7 heteroatoms. The Bertz CT molecular complexity index is 1180. The lowest BCUT2D eigenvalue weighted by Gasteiger charge is -2.08. The molecule has 152 valence electrons. The molecule has 4 aromatic rings. The Labute approximate surface area is 178 Å². The minimum atomic E-state index is -0.311. The minimum absolute atomic E-state index is 0.126. The predicted octanol–water partition coefficient (Wildman–Crippen LogP) is 4.66. The van der Waals surface area contributed by atoms with Gasteiger partial charge in [0.15, 0.2) is 11.5 Å². The summed E-state index contributed by atoms with van der Waals surface area (Å²) in [6.07, 6.45) is 1.89. The molecule has 0 radical (unpaired) electrons. The molecule has 0 aliphatic heterocycles. The molecule has 6 nitrogen and oxygen atoms in total. The molecule has 0 amide bonds. The maximum absolute atomic E-state index is 12.4. The molecule has 0 aliphatic rings.